The molecule has 5 rings (SSSR count). The van der Waals surface area contributed by atoms with Gasteiger partial charge in [-0.2, -0.15) is 0 Å². The van der Waals surface area contributed by atoms with Crippen molar-refractivity contribution in [2.75, 3.05) is 37.6 Å². The summed E-state index contributed by atoms with van der Waals surface area (Å²) >= 11 is 0. The number of carbonyl (C=O) groups is 3. The molecule has 2 aliphatic carbocycles. The normalized spacial score (nSPS) is 31.1. The van der Waals surface area contributed by atoms with Gasteiger partial charge in [-0.05, 0) is 36.8 Å². The van der Waals surface area contributed by atoms with Gasteiger partial charge in [0.1, 0.15) is 6.54 Å². The van der Waals surface area contributed by atoms with Crippen LogP contribution in [0, 0.1) is 30.6 Å². The fourth-order valence-corrected chi connectivity index (χ4v) is 5.47. The minimum Gasteiger partial charge on any atom is -0.368 e. The van der Waals surface area contributed by atoms with E-state index in [1.165, 1.54) is 16.2 Å². The van der Waals surface area contributed by atoms with Gasteiger partial charge in [0.15, 0.2) is 0 Å². The molecule has 3 fully saturated rings. The molecule has 0 aromatic heterocycles. The molecule has 4 unspecified atom stereocenters. The van der Waals surface area contributed by atoms with E-state index in [1.54, 1.807) is 4.90 Å². The smallest absolute Gasteiger partial charge is 0.242 e. The highest BCUT2D eigenvalue weighted by Crippen LogP contribution is 2.52. The maximum absolute atomic E-state index is 12.8. The number of fused-ring (bicyclic) bond motifs is 5. The SMILES string of the molecule is Cc1ccccc1N1CCN(C(=O)CN2C(=O)C3C4C=CC(C4)C3C2=O)CC1. The molecule has 2 heterocycles. The number of nitrogens with zero attached hydrogens (tertiary/aromatic N) is 3. The lowest BCUT2D eigenvalue weighted by molar-refractivity contribution is -0.147. The van der Waals surface area contributed by atoms with Gasteiger partial charge in [0.25, 0.3) is 0 Å². The Labute approximate surface area is 164 Å². The number of allylic oxidation sites excluding steroid dienone is 2. The number of likely N-dealkylation sites (tertiary alicyclic amines) is 1. The van der Waals surface area contributed by atoms with Crippen molar-refractivity contribution in [3.63, 3.8) is 0 Å². The van der Waals surface area contributed by atoms with Crippen LogP contribution in [0.4, 0.5) is 5.69 Å². The van der Waals surface area contributed by atoms with Crippen LogP contribution in [0.5, 0.6) is 0 Å². The minimum absolute atomic E-state index is 0.103. The van der Waals surface area contributed by atoms with E-state index in [-0.39, 0.29) is 47.9 Å². The predicted octanol–water partition coefficient (Wildman–Crippen LogP) is 1.45. The molecule has 28 heavy (non-hydrogen) atoms. The summed E-state index contributed by atoms with van der Waals surface area (Å²) in [6, 6.07) is 8.26. The molecule has 0 radical (unpaired) electrons. The lowest BCUT2D eigenvalue weighted by Gasteiger charge is -2.37. The molecule has 2 bridgehead atoms. The Bertz CT molecular complexity index is 842. The van der Waals surface area contributed by atoms with Crippen LogP contribution >= 0.6 is 0 Å². The van der Waals surface area contributed by atoms with E-state index in [4.69, 9.17) is 0 Å². The first-order valence-corrected chi connectivity index (χ1v) is 10.2. The molecule has 1 saturated carbocycles. The highest BCUT2D eigenvalue weighted by atomic mass is 16.2. The molecule has 146 valence electrons. The molecule has 1 aromatic carbocycles. The van der Waals surface area contributed by atoms with E-state index in [9.17, 15) is 14.4 Å². The number of benzene rings is 1. The van der Waals surface area contributed by atoms with E-state index < -0.39 is 0 Å². The van der Waals surface area contributed by atoms with Crippen molar-refractivity contribution >= 4 is 23.4 Å². The van der Waals surface area contributed by atoms with Crippen molar-refractivity contribution in [2.24, 2.45) is 23.7 Å². The van der Waals surface area contributed by atoms with Crippen LogP contribution in [-0.2, 0) is 14.4 Å². The zero-order chi connectivity index (χ0) is 19.4. The zero-order valence-corrected chi connectivity index (χ0v) is 16.1. The summed E-state index contributed by atoms with van der Waals surface area (Å²) in [5.74, 6) is -0.487. The highest BCUT2D eigenvalue weighted by Gasteiger charge is 2.59. The van der Waals surface area contributed by atoms with E-state index in [1.807, 2.05) is 12.1 Å². The van der Waals surface area contributed by atoms with Crippen molar-refractivity contribution in [2.45, 2.75) is 13.3 Å². The number of carbonyl (C=O) groups excluding carboxylic acids is 3. The lowest BCUT2D eigenvalue weighted by atomic mass is 9.85. The van der Waals surface area contributed by atoms with Gasteiger partial charge in [-0.25, -0.2) is 0 Å². The van der Waals surface area contributed by atoms with Gasteiger partial charge in [0, 0.05) is 31.9 Å². The van der Waals surface area contributed by atoms with Gasteiger partial charge in [-0.3, -0.25) is 19.3 Å². The second-order valence-corrected chi connectivity index (χ2v) is 8.42. The van der Waals surface area contributed by atoms with Crippen LogP contribution in [0.25, 0.3) is 0 Å². The monoisotopic (exact) mass is 379 g/mol. The molecule has 4 aliphatic rings. The number of rotatable bonds is 3. The zero-order valence-electron chi connectivity index (χ0n) is 16.1. The number of para-hydroxylation sites is 1. The second-order valence-electron chi connectivity index (χ2n) is 8.42. The molecule has 6 heteroatoms. The Balaban J connectivity index is 1.21. The van der Waals surface area contributed by atoms with Crippen molar-refractivity contribution in [1.29, 1.82) is 0 Å². The van der Waals surface area contributed by atoms with Crippen LogP contribution < -0.4 is 4.90 Å². The van der Waals surface area contributed by atoms with Crippen molar-refractivity contribution in [3.05, 3.63) is 42.0 Å². The highest BCUT2D eigenvalue weighted by molar-refractivity contribution is 6.08. The van der Waals surface area contributed by atoms with Crippen molar-refractivity contribution in [1.82, 2.24) is 9.80 Å². The number of piperazine rings is 1. The van der Waals surface area contributed by atoms with Crippen LogP contribution in [0.2, 0.25) is 0 Å². The van der Waals surface area contributed by atoms with E-state index >= 15 is 0 Å². The first-order chi connectivity index (χ1) is 13.5. The number of hydrogen-bond donors (Lipinski definition) is 0. The summed E-state index contributed by atoms with van der Waals surface area (Å²) < 4.78 is 0. The Kier molecular flexibility index (Phi) is 4.03. The third-order valence-corrected chi connectivity index (χ3v) is 6.94. The van der Waals surface area contributed by atoms with Gasteiger partial charge >= 0.3 is 0 Å². The summed E-state index contributed by atoms with van der Waals surface area (Å²) in [5.41, 5.74) is 2.43. The number of anilines is 1. The fraction of sp³-hybridized carbons (Fsp3) is 0.500. The van der Waals surface area contributed by atoms with Gasteiger partial charge in [0.2, 0.25) is 17.7 Å². The Hall–Kier alpha value is -2.63. The first-order valence-electron chi connectivity index (χ1n) is 10.2. The Morgan fingerprint density at radius 3 is 2.18 bits per heavy atom. The molecule has 4 atom stereocenters. The van der Waals surface area contributed by atoms with Crippen LogP contribution in [0.15, 0.2) is 36.4 Å². The van der Waals surface area contributed by atoms with Gasteiger partial charge in [-0.15, -0.1) is 0 Å². The largest absolute Gasteiger partial charge is 0.368 e. The second kappa shape index (κ2) is 6.47. The molecule has 6 nitrogen and oxygen atoms in total. The van der Waals surface area contributed by atoms with Crippen molar-refractivity contribution in [3.8, 4) is 0 Å². The van der Waals surface area contributed by atoms with Gasteiger partial charge in [0.05, 0.1) is 11.8 Å². The number of imide groups is 1. The summed E-state index contributed by atoms with van der Waals surface area (Å²) in [7, 11) is 0. The van der Waals surface area contributed by atoms with Gasteiger partial charge < -0.3 is 9.80 Å². The van der Waals surface area contributed by atoms with Crippen LogP contribution in [0.1, 0.15) is 12.0 Å². The predicted molar refractivity (Wildman–Crippen MR) is 104 cm³/mol. The van der Waals surface area contributed by atoms with E-state index in [0.717, 1.165) is 19.5 Å². The quantitative estimate of drug-likeness (QED) is 0.589. The third kappa shape index (κ3) is 2.58. The minimum atomic E-state index is -0.229. The fourth-order valence-electron chi connectivity index (χ4n) is 5.47. The molecular formula is C22H25N3O3. The maximum atomic E-state index is 12.8. The number of aryl methyl sites for hydroxylation is 1. The van der Waals surface area contributed by atoms with Crippen molar-refractivity contribution < 1.29 is 14.4 Å². The number of amides is 3. The van der Waals surface area contributed by atoms with Gasteiger partial charge in [-0.1, -0.05) is 30.4 Å². The average Bonchev–Trinajstić information content (AvgIpc) is 3.38. The van der Waals surface area contributed by atoms with Crippen LogP contribution in [-0.4, -0.2) is 60.2 Å². The lowest BCUT2D eigenvalue weighted by Crippen LogP contribution is -2.52. The Morgan fingerprint density at radius 1 is 0.964 bits per heavy atom. The molecule has 2 saturated heterocycles. The standard InChI is InChI=1S/C22H25N3O3/c1-14-4-2-3-5-17(14)23-8-10-24(11-9-23)18(26)13-25-21(27)19-15-6-7-16(12-15)20(19)22(25)28/h2-7,15-16,19-20H,8-13H2,1H3. The Morgan fingerprint density at radius 2 is 1.57 bits per heavy atom. The molecule has 1 aromatic rings. The van der Waals surface area contributed by atoms with Crippen LogP contribution in [0.3, 0.4) is 0 Å². The summed E-state index contributed by atoms with van der Waals surface area (Å²) in [6.07, 6.45) is 5.07. The summed E-state index contributed by atoms with van der Waals surface area (Å²) in [6.45, 7) is 4.74. The third-order valence-electron chi connectivity index (χ3n) is 6.94. The van der Waals surface area contributed by atoms with E-state index in [2.05, 4.69) is 36.1 Å². The molecule has 3 amide bonds. The molecular weight excluding hydrogens is 354 g/mol. The summed E-state index contributed by atoms with van der Waals surface area (Å²) in [4.78, 5) is 43.7. The average molecular weight is 379 g/mol. The van der Waals surface area contributed by atoms with E-state index in [0.29, 0.717) is 13.1 Å². The molecule has 0 spiro atoms. The first kappa shape index (κ1) is 17.5. The molecule has 0 N–H and O–H groups in total. The number of hydrogen-bond acceptors (Lipinski definition) is 4. The topological polar surface area (TPSA) is 60.9 Å². The maximum Gasteiger partial charge on any atom is 0.242 e. The summed E-state index contributed by atoms with van der Waals surface area (Å²) in [5, 5.41) is 0. The molecule has 2 aliphatic heterocycles.